The predicted octanol–water partition coefficient (Wildman–Crippen LogP) is 4.66. The number of hydrogen-bond acceptors (Lipinski definition) is 8. The van der Waals surface area contributed by atoms with Gasteiger partial charge in [-0.1, -0.05) is 13.8 Å². The quantitative estimate of drug-likeness (QED) is 0.485. The molecule has 238 valence electrons. The van der Waals surface area contributed by atoms with Crippen LogP contribution < -0.4 is 15.0 Å². The van der Waals surface area contributed by atoms with Gasteiger partial charge in [0, 0.05) is 49.1 Å². The number of ether oxygens (including phenoxy) is 1. The minimum atomic E-state index is -0.509. The molecule has 1 N–H and O–H groups in total. The van der Waals surface area contributed by atoms with Crippen LogP contribution in [0, 0.1) is 22.6 Å². The van der Waals surface area contributed by atoms with Crippen molar-refractivity contribution >= 4 is 17.6 Å². The van der Waals surface area contributed by atoms with E-state index in [1.54, 1.807) is 11.9 Å². The first-order valence-corrected chi connectivity index (χ1v) is 16.1. The molecular formula is C33H46FN7O3. The van der Waals surface area contributed by atoms with E-state index in [0.29, 0.717) is 11.7 Å². The zero-order chi connectivity index (χ0) is 31.3. The Bertz CT molecular complexity index is 1390. The van der Waals surface area contributed by atoms with E-state index in [9.17, 15) is 14.0 Å². The van der Waals surface area contributed by atoms with E-state index < -0.39 is 5.82 Å². The summed E-state index contributed by atoms with van der Waals surface area (Å²) < 4.78 is 20.3. The molecule has 11 heteroatoms. The molecule has 3 aliphatic heterocycles. The number of carbonyl (C=O) groups is 2. The molecule has 0 radical (unpaired) electrons. The predicted molar refractivity (Wildman–Crippen MR) is 165 cm³/mol. The molecule has 44 heavy (non-hydrogen) atoms. The molecule has 0 unspecified atom stereocenters. The van der Waals surface area contributed by atoms with Crippen LogP contribution in [-0.4, -0.2) is 88.1 Å². The molecule has 1 saturated carbocycles. The van der Waals surface area contributed by atoms with Crippen LogP contribution in [0.5, 0.6) is 11.6 Å². The third-order valence-corrected chi connectivity index (χ3v) is 10.7. The number of amides is 2. The van der Waals surface area contributed by atoms with Crippen LogP contribution in [0.4, 0.5) is 10.2 Å². The van der Waals surface area contributed by atoms with E-state index in [0.717, 1.165) is 64.8 Å². The number of carbonyl (C=O) groups excluding carboxylic acids is 2. The molecule has 2 aromatic rings. The highest BCUT2D eigenvalue weighted by Gasteiger charge is 2.50. The number of halogens is 1. The fraction of sp³-hybridized carbons (Fsp3) is 0.667. The number of aromatic nitrogens is 3. The molecule has 0 bridgehead atoms. The summed E-state index contributed by atoms with van der Waals surface area (Å²) in [6, 6.07) is 3.87. The molecule has 1 aromatic carbocycles. The minimum Gasteiger partial charge on any atom is -0.434 e. The van der Waals surface area contributed by atoms with Gasteiger partial charge in [-0.3, -0.25) is 9.59 Å². The van der Waals surface area contributed by atoms with Crippen LogP contribution in [0.15, 0.2) is 24.5 Å². The van der Waals surface area contributed by atoms with Crippen LogP contribution in [0.25, 0.3) is 0 Å². The van der Waals surface area contributed by atoms with Gasteiger partial charge in [0.15, 0.2) is 5.82 Å². The van der Waals surface area contributed by atoms with Crippen molar-refractivity contribution in [3.8, 4) is 11.6 Å². The van der Waals surface area contributed by atoms with Gasteiger partial charge < -0.3 is 24.8 Å². The van der Waals surface area contributed by atoms with Gasteiger partial charge in [0.05, 0.1) is 5.56 Å². The number of anilines is 1. The Balaban J connectivity index is 1.03. The maximum Gasteiger partial charge on any atom is 0.282 e. The Morgan fingerprint density at radius 3 is 2.50 bits per heavy atom. The lowest BCUT2D eigenvalue weighted by molar-refractivity contribution is -0.126. The molecule has 3 saturated heterocycles. The van der Waals surface area contributed by atoms with Crippen molar-refractivity contribution < 1.29 is 18.7 Å². The number of likely N-dealkylation sites (tertiary alicyclic amines) is 1. The summed E-state index contributed by atoms with van der Waals surface area (Å²) in [7, 11) is 1.68. The number of nitrogens with zero attached hydrogens (tertiary/aromatic N) is 6. The van der Waals surface area contributed by atoms with Crippen molar-refractivity contribution in [3.05, 3.63) is 35.9 Å². The van der Waals surface area contributed by atoms with Crippen LogP contribution >= 0.6 is 0 Å². The number of hydrogen-bond donors (Lipinski definition) is 1. The van der Waals surface area contributed by atoms with Crippen molar-refractivity contribution in [1.29, 1.82) is 0 Å². The lowest BCUT2D eigenvalue weighted by Crippen LogP contribution is -2.61. The monoisotopic (exact) mass is 607 g/mol. The second-order valence-corrected chi connectivity index (χ2v) is 14.7. The maximum absolute atomic E-state index is 14.2. The number of piperidine rings is 1. The van der Waals surface area contributed by atoms with Crippen molar-refractivity contribution in [2.45, 2.75) is 84.2 Å². The first kappa shape index (κ1) is 30.7. The molecule has 4 fully saturated rings. The molecule has 4 heterocycles. The smallest absolute Gasteiger partial charge is 0.282 e. The lowest BCUT2D eigenvalue weighted by atomic mass is 9.70. The highest BCUT2D eigenvalue weighted by atomic mass is 19.1. The summed E-state index contributed by atoms with van der Waals surface area (Å²) in [5.41, 5.74) is 0.156. The van der Waals surface area contributed by atoms with Crippen LogP contribution in [0.1, 0.15) is 83.0 Å². The van der Waals surface area contributed by atoms with Crippen molar-refractivity contribution in [3.63, 3.8) is 0 Å². The number of rotatable bonds is 7. The molecule has 2 amide bonds. The molecule has 4 aliphatic rings. The third kappa shape index (κ3) is 5.99. The van der Waals surface area contributed by atoms with Crippen LogP contribution in [0.2, 0.25) is 0 Å². The summed E-state index contributed by atoms with van der Waals surface area (Å²) in [5, 5.41) is 11.5. The van der Waals surface area contributed by atoms with E-state index in [-0.39, 0.29) is 51.4 Å². The van der Waals surface area contributed by atoms with Crippen molar-refractivity contribution in [2.75, 3.05) is 44.7 Å². The topological polar surface area (TPSA) is 104 Å². The average molecular weight is 608 g/mol. The summed E-state index contributed by atoms with van der Waals surface area (Å²) in [6.07, 6.45) is 9.20. The van der Waals surface area contributed by atoms with Gasteiger partial charge in [-0.15, -0.1) is 10.2 Å². The number of nitrogens with one attached hydrogen (secondary N) is 1. The molecular weight excluding hydrogens is 561 g/mol. The van der Waals surface area contributed by atoms with Crippen molar-refractivity contribution in [2.24, 2.45) is 16.7 Å². The molecule has 1 aliphatic carbocycles. The second kappa shape index (κ2) is 11.5. The van der Waals surface area contributed by atoms with Crippen LogP contribution in [-0.2, 0) is 4.79 Å². The third-order valence-electron chi connectivity index (χ3n) is 10.7. The van der Waals surface area contributed by atoms with Gasteiger partial charge in [0.1, 0.15) is 17.9 Å². The second-order valence-electron chi connectivity index (χ2n) is 14.7. The zero-order valence-corrected chi connectivity index (χ0v) is 26.7. The normalized spacial score (nSPS) is 26.1. The summed E-state index contributed by atoms with van der Waals surface area (Å²) in [6.45, 7) is 13.0. The molecule has 1 aromatic heterocycles. The maximum atomic E-state index is 14.2. The Hall–Kier alpha value is -3.34. The van der Waals surface area contributed by atoms with E-state index in [2.05, 4.69) is 44.1 Å². The highest BCUT2D eigenvalue weighted by Crippen LogP contribution is 2.47. The molecule has 0 atom stereocenters. The largest absolute Gasteiger partial charge is 0.434 e. The first-order chi connectivity index (χ1) is 20.9. The molecule has 6 rings (SSSR count). The van der Waals surface area contributed by atoms with Crippen molar-refractivity contribution in [1.82, 2.24) is 30.3 Å². The molecule has 2 spiro atoms. The van der Waals surface area contributed by atoms with Crippen LogP contribution in [0.3, 0.4) is 0 Å². The fourth-order valence-electron chi connectivity index (χ4n) is 7.73. The zero-order valence-electron chi connectivity index (χ0n) is 26.7. The molecule has 10 nitrogen and oxygen atoms in total. The Morgan fingerprint density at radius 2 is 1.86 bits per heavy atom. The lowest BCUT2D eigenvalue weighted by Gasteiger charge is -2.54. The Kier molecular flexibility index (Phi) is 8.05. The van der Waals surface area contributed by atoms with E-state index in [4.69, 9.17) is 4.74 Å². The van der Waals surface area contributed by atoms with Gasteiger partial charge in [0.25, 0.3) is 11.8 Å². The fourth-order valence-corrected chi connectivity index (χ4v) is 7.73. The summed E-state index contributed by atoms with van der Waals surface area (Å²) in [5.74, 6) is 1.10. The first-order valence-electron chi connectivity index (χ1n) is 16.1. The average Bonchev–Trinajstić information content (AvgIpc) is 3.20. The summed E-state index contributed by atoms with van der Waals surface area (Å²) in [4.78, 5) is 36.3. The van der Waals surface area contributed by atoms with Gasteiger partial charge in [-0.25, -0.2) is 9.37 Å². The van der Waals surface area contributed by atoms with E-state index in [1.807, 2.05) is 13.8 Å². The Morgan fingerprint density at radius 1 is 1.16 bits per heavy atom. The van der Waals surface area contributed by atoms with Gasteiger partial charge in [-0.05, 0) is 96.0 Å². The SMILES string of the molecule is CC(C)N(C)C(=O)c1cc(F)ccc1Oc1nncnc1N1CC2(CCN(CC3CCC4(CC3)CC(C)(C)C(=O)N4)CC2)C1. The minimum absolute atomic E-state index is 0.0229. The Labute approximate surface area is 259 Å². The van der Waals surface area contributed by atoms with E-state index in [1.165, 1.54) is 37.4 Å². The number of benzene rings is 1. The highest BCUT2D eigenvalue weighted by molar-refractivity contribution is 5.97. The van der Waals surface area contributed by atoms with Gasteiger partial charge in [0.2, 0.25) is 5.91 Å². The standard InChI is InChI=1S/C33H46FN7O3/c1-22(2)39(5)29(42)25-16-24(34)6-7-26(25)44-28-27(35-21-36-38-28)41-19-32(20-41)12-14-40(15-13-32)17-23-8-10-33(11-9-23)18-31(3,4)30(43)37-33/h6-7,16,21-23H,8-15,17-20H2,1-5H3,(H,37,43). The van der Waals surface area contributed by atoms with E-state index >= 15 is 0 Å². The van der Waals surface area contributed by atoms with Gasteiger partial charge in [-0.2, -0.15) is 0 Å². The van der Waals surface area contributed by atoms with Gasteiger partial charge >= 0.3 is 0 Å². The summed E-state index contributed by atoms with van der Waals surface area (Å²) >= 11 is 0.